The van der Waals surface area contributed by atoms with Gasteiger partial charge in [-0.05, 0) is 0 Å². The molecule has 0 spiro atoms. The summed E-state index contributed by atoms with van der Waals surface area (Å²) in [5, 5.41) is 1.20. The van der Waals surface area contributed by atoms with Crippen LogP contribution < -0.4 is 14.8 Å². The van der Waals surface area contributed by atoms with Crippen LogP contribution in [-0.4, -0.2) is 59.2 Å². The molecule has 0 saturated carbocycles. The number of halogens is 3. The second-order valence-electron chi connectivity index (χ2n) is 11.6. The Balaban J connectivity index is 1.39. The normalized spacial score (nSPS) is 21.0. The van der Waals surface area contributed by atoms with Crippen LogP contribution in [0.1, 0.15) is 32.6 Å². The summed E-state index contributed by atoms with van der Waals surface area (Å²) in [4.78, 5) is 11.9. The van der Waals surface area contributed by atoms with E-state index in [1.54, 1.807) is 4.57 Å². The van der Waals surface area contributed by atoms with Crippen LogP contribution in [0.25, 0.3) is 11.2 Å². The topological polar surface area (TPSA) is 52.8 Å². The minimum absolute atomic E-state index is 0.0890. The van der Waals surface area contributed by atoms with Gasteiger partial charge in [-0.15, -0.1) is 0 Å². The number of thioether (sulfide) groups is 1. The molecular weight excluding hydrogens is 669 g/mol. The molecule has 0 bridgehead atoms. The van der Waals surface area contributed by atoms with Crippen molar-refractivity contribution in [3.63, 3.8) is 0 Å². The average molecular weight is 700 g/mol. The summed E-state index contributed by atoms with van der Waals surface area (Å²) in [6, 6.07) is 30.6. The zero-order valence-corrected chi connectivity index (χ0v) is 28.2. The Labute approximate surface area is 266 Å². The van der Waals surface area contributed by atoms with E-state index in [0.29, 0.717) is 6.61 Å². The summed E-state index contributed by atoms with van der Waals surface area (Å²) in [6.45, 7) is 7.06. The van der Waals surface area contributed by atoms with Crippen molar-refractivity contribution in [2.45, 2.75) is 47.4 Å². The van der Waals surface area contributed by atoms with Gasteiger partial charge < -0.3 is 0 Å². The van der Waals surface area contributed by atoms with E-state index >= 15 is 4.39 Å². The molecule has 3 atom stereocenters. The van der Waals surface area contributed by atoms with E-state index in [2.05, 4.69) is 84.3 Å². The van der Waals surface area contributed by atoms with Crippen molar-refractivity contribution in [2.75, 3.05) is 6.61 Å². The molecule has 0 aliphatic carbocycles. The monoisotopic (exact) mass is 700 g/mol. The van der Waals surface area contributed by atoms with Crippen molar-refractivity contribution in [3.05, 3.63) is 109 Å². The number of nitrogens with zero attached hydrogens (tertiary/aromatic N) is 4. The van der Waals surface area contributed by atoms with Gasteiger partial charge in [-0.1, -0.05) is 0 Å². The van der Waals surface area contributed by atoms with Gasteiger partial charge >= 0.3 is 268 Å². The number of alkyl halides is 1. The van der Waals surface area contributed by atoms with Crippen LogP contribution in [0.5, 0.6) is 0 Å². The Kier molecular flexibility index (Phi) is 8.54. The maximum atomic E-state index is 17.4. The first-order chi connectivity index (χ1) is 20.6. The van der Waals surface area contributed by atoms with Crippen molar-refractivity contribution in [1.82, 2.24) is 19.5 Å². The van der Waals surface area contributed by atoms with Crippen LogP contribution in [0, 0.1) is 6.08 Å². The first-order valence-electron chi connectivity index (χ1n) is 14.0. The van der Waals surface area contributed by atoms with E-state index in [-0.39, 0.29) is 33.0 Å². The van der Waals surface area contributed by atoms with Crippen LogP contribution in [0.3, 0.4) is 0 Å². The predicted octanol–water partition coefficient (Wildman–Crippen LogP) is 5.90. The molecule has 3 aromatic carbocycles. The van der Waals surface area contributed by atoms with Gasteiger partial charge in [-0.2, -0.15) is 0 Å². The number of imidazole rings is 1. The predicted molar refractivity (Wildman–Crippen MR) is 175 cm³/mol. The number of rotatable bonds is 8. The van der Waals surface area contributed by atoms with Crippen LogP contribution in [0.2, 0.25) is 10.2 Å². The molecule has 3 heterocycles. The third kappa shape index (κ3) is 5.81. The molecule has 1 aliphatic heterocycles. The second kappa shape index (κ2) is 12.1. The molecule has 222 valence electrons. The zero-order chi connectivity index (χ0) is 30.2. The quantitative estimate of drug-likeness (QED) is 0.115. The van der Waals surface area contributed by atoms with Crippen molar-refractivity contribution >= 4 is 72.6 Å². The number of fused-ring (bicyclic) bond motifs is 1. The Morgan fingerprint density at radius 2 is 1.56 bits per heavy atom. The van der Waals surface area contributed by atoms with E-state index in [0.717, 1.165) is 4.46 Å². The van der Waals surface area contributed by atoms with Crippen molar-refractivity contribution in [2.24, 2.45) is 0 Å². The molecular formula is C32H31ClF2N4OSSeSi. The molecule has 1 aliphatic rings. The molecule has 43 heavy (non-hydrogen) atoms. The maximum absolute atomic E-state index is 17.4. The van der Waals surface area contributed by atoms with Gasteiger partial charge in [-0.25, -0.2) is 0 Å². The molecule has 1 fully saturated rings. The Hall–Kier alpha value is -2.59. The van der Waals surface area contributed by atoms with Gasteiger partial charge in [0.2, 0.25) is 0 Å². The summed E-state index contributed by atoms with van der Waals surface area (Å²) in [7, 11) is -2.82. The second-order valence-corrected chi connectivity index (χ2v) is 20.5. The number of aromatic nitrogens is 4. The molecule has 1 saturated heterocycles. The first kappa shape index (κ1) is 30.4. The van der Waals surface area contributed by atoms with Gasteiger partial charge in [0.1, 0.15) is 0 Å². The van der Waals surface area contributed by atoms with Crippen LogP contribution in [-0.2, 0) is 4.43 Å². The summed E-state index contributed by atoms with van der Waals surface area (Å²) in [5.74, 6) is 0. The molecule has 0 amide bonds. The van der Waals surface area contributed by atoms with Gasteiger partial charge in [0, 0.05) is 0 Å². The van der Waals surface area contributed by atoms with E-state index in [4.69, 9.17) is 16.0 Å². The van der Waals surface area contributed by atoms with Crippen LogP contribution in [0.4, 0.5) is 8.78 Å². The fourth-order valence-electron chi connectivity index (χ4n) is 5.90. The third-order valence-corrected chi connectivity index (χ3v) is 17.5. The molecule has 2 aromatic heterocycles. The Bertz CT molecular complexity index is 1670. The van der Waals surface area contributed by atoms with E-state index in [1.165, 1.54) is 28.5 Å². The Morgan fingerprint density at radius 1 is 0.977 bits per heavy atom. The number of hydrogen-bond acceptors (Lipinski definition) is 5. The molecule has 5 aromatic rings. The number of hydrogen-bond donors (Lipinski definition) is 0. The molecule has 0 radical (unpaired) electrons. The fourth-order valence-corrected chi connectivity index (χ4v) is 15.6. The SMILES string of the molecule is CC(C)(C)[Si](OC[C@H]1C[C@](F)([Se]c2ccccc2)[C@@H](n2cnc3c(Cl)nc(F)nc32)S1)(c1ccccc1)c1ccccc1. The summed E-state index contributed by atoms with van der Waals surface area (Å²) in [6.07, 6.45) is 0.811. The van der Waals surface area contributed by atoms with Crippen LogP contribution in [0.15, 0.2) is 97.3 Å². The fraction of sp³-hybridized carbons (Fsp3) is 0.281. The van der Waals surface area contributed by atoms with Crippen molar-refractivity contribution in [1.29, 1.82) is 0 Å². The van der Waals surface area contributed by atoms with Crippen LogP contribution >= 0.6 is 23.4 Å². The molecule has 0 unspecified atom stereocenters. The van der Waals surface area contributed by atoms with Gasteiger partial charge in [-0.3, -0.25) is 0 Å². The van der Waals surface area contributed by atoms with E-state index < -0.39 is 39.3 Å². The zero-order valence-electron chi connectivity index (χ0n) is 24.0. The summed E-state index contributed by atoms with van der Waals surface area (Å²) < 4.78 is 39.9. The number of benzene rings is 3. The Morgan fingerprint density at radius 3 is 2.14 bits per heavy atom. The molecule has 0 N–H and O–H groups in total. The van der Waals surface area contributed by atoms with E-state index in [1.807, 2.05) is 42.5 Å². The summed E-state index contributed by atoms with van der Waals surface area (Å²) >= 11 is 7.14. The van der Waals surface area contributed by atoms with Gasteiger partial charge in [0.05, 0.1) is 0 Å². The first-order valence-corrected chi connectivity index (χ1v) is 18.9. The minimum atomic E-state index is -2.82. The van der Waals surface area contributed by atoms with Gasteiger partial charge in [0.15, 0.2) is 0 Å². The van der Waals surface area contributed by atoms with Crippen molar-refractivity contribution in [3.8, 4) is 0 Å². The molecule has 5 nitrogen and oxygen atoms in total. The molecule has 6 rings (SSSR count). The average Bonchev–Trinajstić information content (AvgIpc) is 3.54. The third-order valence-electron chi connectivity index (χ3n) is 7.73. The van der Waals surface area contributed by atoms with Gasteiger partial charge in [0.25, 0.3) is 0 Å². The van der Waals surface area contributed by atoms with E-state index in [9.17, 15) is 4.39 Å². The van der Waals surface area contributed by atoms with Crippen molar-refractivity contribution < 1.29 is 13.2 Å². The summed E-state index contributed by atoms with van der Waals surface area (Å²) in [5.41, 5.74) is 0.444. The standard InChI is InChI=1S/C32H31ClF2N4OSSeSi/c1-31(2,3)43(24-15-9-5-10-16-24,25-17-11-6-12-18-25)40-20-22-19-32(35,42-23-13-7-4-8-14-23)29(41-22)39-21-36-26-27(33)37-30(34)38-28(26)39/h4-18,21-22,29H,19-20H2,1-3H3/t22-,29+,32+/m1/s1. The molecule has 11 heteroatoms.